The Bertz CT molecular complexity index is 1490. The van der Waals surface area contributed by atoms with Gasteiger partial charge in [-0.3, -0.25) is 14.8 Å². The van der Waals surface area contributed by atoms with Crippen LogP contribution < -0.4 is 10.2 Å². The fourth-order valence-corrected chi connectivity index (χ4v) is 4.59. The molecule has 0 bridgehead atoms. The summed E-state index contributed by atoms with van der Waals surface area (Å²) < 4.78 is 30.2. The number of nitriles is 1. The molecule has 1 aliphatic heterocycles. The van der Waals surface area contributed by atoms with Crippen LogP contribution in [0.15, 0.2) is 41.7 Å². The number of carbonyl (C=O) groups excluding carboxylic acids is 1. The average Bonchev–Trinajstić information content (AvgIpc) is 2.89. The second kappa shape index (κ2) is 10.2. The van der Waals surface area contributed by atoms with Crippen LogP contribution in [0.5, 0.6) is 0 Å². The van der Waals surface area contributed by atoms with Crippen molar-refractivity contribution < 1.29 is 17.9 Å². The number of carbonyl (C=O) groups is 1. The highest BCUT2D eigenvalue weighted by Gasteiger charge is 2.25. The van der Waals surface area contributed by atoms with E-state index in [-0.39, 0.29) is 10.9 Å². The molecule has 1 amide bonds. The summed E-state index contributed by atoms with van der Waals surface area (Å²) in [7, 11) is -3.62. The number of nitrogens with zero attached hydrogens (tertiary/aromatic N) is 6. The molecule has 1 aliphatic rings. The van der Waals surface area contributed by atoms with E-state index in [0.717, 1.165) is 6.26 Å². The summed E-state index contributed by atoms with van der Waals surface area (Å²) in [6.07, 6.45) is 4.12. The Balaban J connectivity index is 1.67. The number of hydrogen-bond acceptors (Lipinski definition) is 10. The highest BCUT2D eigenvalue weighted by molar-refractivity contribution is 7.90. The zero-order valence-electron chi connectivity index (χ0n) is 21.0. The van der Waals surface area contributed by atoms with E-state index in [0.29, 0.717) is 65.9 Å². The third-order valence-electron chi connectivity index (χ3n) is 6.01. The molecule has 0 spiro atoms. The summed E-state index contributed by atoms with van der Waals surface area (Å²) in [5, 5.41) is 20.3. The van der Waals surface area contributed by atoms with E-state index < -0.39 is 15.3 Å². The Hall–Kier alpha value is -3.95. The van der Waals surface area contributed by atoms with Crippen molar-refractivity contribution >= 4 is 27.1 Å². The van der Waals surface area contributed by atoms with E-state index in [4.69, 9.17) is 4.74 Å². The van der Waals surface area contributed by atoms with Gasteiger partial charge >= 0.3 is 0 Å². The number of aromatic nitrogens is 4. The van der Waals surface area contributed by atoms with Crippen LogP contribution in [0.1, 0.15) is 35.6 Å². The van der Waals surface area contributed by atoms with Crippen LogP contribution in [0.3, 0.4) is 0 Å². The zero-order valence-corrected chi connectivity index (χ0v) is 21.8. The summed E-state index contributed by atoms with van der Waals surface area (Å²) in [5.74, 6) is -0.387. The molecule has 3 aromatic rings. The van der Waals surface area contributed by atoms with Gasteiger partial charge in [-0.05, 0) is 45.0 Å². The van der Waals surface area contributed by atoms with E-state index >= 15 is 0 Å². The Labute approximate surface area is 215 Å². The minimum Gasteiger partial charge on any atom is -0.378 e. The predicted molar refractivity (Wildman–Crippen MR) is 137 cm³/mol. The second-order valence-electron chi connectivity index (χ2n) is 9.27. The summed E-state index contributed by atoms with van der Waals surface area (Å²) in [4.78, 5) is 23.5. The van der Waals surface area contributed by atoms with Crippen LogP contribution in [-0.4, -0.2) is 67.0 Å². The van der Waals surface area contributed by atoms with Gasteiger partial charge in [0.25, 0.3) is 5.91 Å². The van der Waals surface area contributed by atoms with Crippen LogP contribution >= 0.6 is 0 Å². The molecule has 37 heavy (non-hydrogen) atoms. The first kappa shape index (κ1) is 26.1. The molecule has 0 atom stereocenters. The fourth-order valence-electron chi connectivity index (χ4n) is 3.83. The van der Waals surface area contributed by atoms with Gasteiger partial charge in [0.05, 0.1) is 53.7 Å². The second-order valence-corrected chi connectivity index (χ2v) is 11.2. The first-order valence-corrected chi connectivity index (χ1v) is 13.5. The van der Waals surface area contributed by atoms with Gasteiger partial charge in [0, 0.05) is 42.4 Å². The van der Waals surface area contributed by atoms with Crippen LogP contribution in [-0.2, 0) is 20.0 Å². The lowest BCUT2D eigenvalue weighted by Crippen LogP contribution is -2.37. The van der Waals surface area contributed by atoms with Crippen molar-refractivity contribution in [1.82, 2.24) is 20.2 Å². The number of nitrogens with one attached hydrogen (secondary N) is 1. The van der Waals surface area contributed by atoms with Crippen molar-refractivity contribution in [2.24, 2.45) is 0 Å². The zero-order chi connectivity index (χ0) is 26.8. The summed E-state index contributed by atoms with van der Waals surface area (Å²) in [6.45, 7) is 7.26. The number of amides is 1. The molecule has 12 heteroatoms. The molecule has 3 aromatic heterocycles. The minimum atomic E-state index is -3.62. The van der Waals surface area contributed by atoms with Gasteiger partial charge in [-0.25, -0.2) is 8.42 Å². The van der Waals surface area contributed by atoms with Crippen molar-refractivity contribution in [3.8, 4) is 17.3 Å². The maximum Gasteiger partial charge on any atom is 0.255 e. The number of morpholine rings is 1. The lowest BCUT2D eigenvalue weighted by Gasteiger charge is -2.29. The van der Waals surface area contributed by atoms with E-state index in [1.165, 1.54) is 12.4 Å². The molecule has 0 unspecified atom stereocenters. The summed E-state index contributed by atoms with van der Waals surface area (Å²) in [5.41, 5.74) is 2.53. The number of rotatable bonds is 6. The van der Waals surface area contributed by atoms with Crippen LogP contribution in [0.4, 0.5) is 11.4 Å². The molecular weight excluding hydrogens is 494 g/mol. The van der Waals surface area contributed by atoms with Crippen molar-refractivity contribution in [2.45, 2.75) is 31.2 Å². The number of anilines is 2. The lowest BCUT2D eigenvalue weighted by atomic mass is 9.90. The number of ether oxygens (including phenoxy) is 1. The third-order valence-corrected chi connectivity index (χ3v) is 7.00. The van der Waals surface area contributed by atoms with Gasteiger partial charge < -0.3 is 15.0 Å². The Kier molecular flexibility index (Phi) is 7.20. The Morgan fingerprint density at radius 3 is 2.57 bits per heavy atom. The predicted octanol–water partition coefficient (Wildman–Crippen LogP) is 2.54. The highest BCUT2D eigenvalue weighted by atomic mass is 32.2. The quantitative estimate of drug-likeness (QED) is 0.512. The molecule has 192 valence electrons. The minimum absolute atomic E-state index is 0.0954. The first-order valence-electron chi connectivity index (χ1n) is 11.6. The van der Waals surface area contributed by atoms with Gasteiger partial charge in [0.2, 0.25) is 5.03 Å². The van der Waals surface area contributed by atoms with Gasteiger partial charge in [-0.1, -0.05) is 0 Å². The molecule has 4 rings (SSSR count). The smallest absolute Gasteiger partial charge is 0.255 e. The lowest BCUT2D eigenvalue weighted by molar-refractivity contribution is 0.102. The highest BCUT2D eigenvalue weighted by Crippen LogP contribution is 2.30. The topological polar surface area (TPSA) is 151 Å². The molecule has 0 saturated carbocycles. The van der Waals surface area contributed by atoms with Gasteiger partial charge in [0.1, 0.15) is 0 Å². The van der Waals surface area contributed by atoms with E-state index in [2.05, 4.69) is 31.6 Å². The standard InChI is InChI=1S/C25H27N7O4S/c1-16-19(20-13-21(32-7-9-36-10-8-32)24(31-30-20)37(4,34)35)12-18(14-28-16)29-23(33)17-5-6-27-22(11-17)25(2,3)15-26/h5-6,11-14H,7-10H2,1-4H3,(H,29,33). The van der Waals surface area contributed by atoms with Crippen molar-refractivity contribution in [1.29, 1.82) is 5.26 Å². The van der Waals surface area contributed by atoms with E-state index in [9.17, 15) is 18.5 Å². The number of sulfone groups is 1. The maximum atomic E-state index is 13.0. The molecule has 1 fully saturated rings. The van der Waals surface area contributed by atoms with Gasteiger partial charge in [-0.15, -0.1) is 10.2 Å². The number of pyridine rings is 2. The SMILES string of the molecule is Cc1ncc(NC(=O)c2ccnc(C(C)(C)C#N)c2)cc1-c1cc(N2CCOCC2)c(S(C)(=O)=O)nn1. The van der Waals surface area contributed by atoms with Crippen molar-refractivity contribution in [3.63, 3.8) is 0 Å². The summed E-state index contributed by atoms with van der Waals surface area (Å²) in [6, 6.07) is 8.74. The normalized spacial score (nSPS) is 14.2. The molecule has 1 saturated heterocycles. The molecule has 11 nitrogen and oxygen atoms in total. The molecule has 1 N–H and O–H groups in total. The van der Waals surface area contributed by atoms with Crippen LogP contribution in [0, 0.1) is 18.3 Å². The van der Waals surface area contributed by atoms with Crippen LogP contribution in [0.25, 0.3) is 11.3 Å². The Morgan fingerprint density at radius 1 is 1.16 bits per heavy atom. The fraction of sp³-hybridized carbons (Fsp3) is 0.360. The Morgan fingerprint density at radius 2 is 1.89 bits per heavy atom. The molecule has 0 aliphatic carbocycles. The molecule has 0 aromatic carbocycles. The molecule has 4 heterocycles. The van der Waals surface area contributed by atoms with Crippen molar-refractivity contribution in [2.75, 3.05) is 42.8 Å². The van der Waals surface area contributed by atoms with Crippen LogP contribution in [0.2, 0.25) is 0 Å². The van der Waals surface area contributed by atoms with Crippen molar-refractivity contribution in [3.05, 3.63) is 53.6 Å². The summed E-state index contributed by atoms with van der Waals surface area (Å²) >= 11 is 0. The average molecular weight is 522 g/mol. The third kappa shape index (κ3) is 5.73. The molecular formula is C25H27N7O4S. The van der Waals surface area contributed by atoms with E-state index in [1.807, 2.05) is 4.90 Å². The first-order chi connectivity index (χ1) is 17.5. The van der Waals surface area contributed by atoms with Gasteiger partial charge in [0.15, 0.2) is 9.84 Å². The number of aryl methyl sites for hydroxylation is 1. The van der Waals surface area contributed by atoms with Gasteiger partial charge in [-0.2, -0.15) is 5.26 Å². The number of hydrogen-bond donors (Lipinski definition) is 1. The van der Waals surface area contributed by atoms with E-state index in [1.54, 1.807) is 45.0 Å². The molecule has 0 radical (unpaired) electrons. The maximum absolute atomic E-state index is 13.0. The monoisotopic (exact) mass is 521 g/mol. The largest absolute Gasteiger partial charge is 0.378 e.